The van der Waals surface area contributed by atoms with E-state index in [-0.39, 0.29) is 12.2 Å². The summed E-state index contributed by atoms with van der Waals surface area (Å²) in [6, 6.07) is 7.64. The molecule has 3 aromatic heterocycles. The van der Waals surface area contributed by atoms with E-state index in [9.17, 15) is 9.90 Å². The predicted molar refractivity (Wildman–Crippen MR) is 159 cm³/mol. The lowest BCUT2D eigenvalue weighted by atomic mass is 9.91. The average molecular weight is 564 g/mol. The zero-order valence-electron chi connectivity index (χ0n) is 23.7. The Morgan fingerprint density at radius 1 is 1.19 bits per heavy atom. The summed E-state index contributed by atoms with van der Waals surface area (Å²) in [6.07, 6.45) is 11.0. The molecule has 7 rings (SSSR count). The number of rotatable bonds is 5. The van der Waals surface area contributed by atoms with Crippen LogP contribution >= 0.6 is 0 Å². The maximum Gasteiger partial charge on any atom is 0.307 e. The molecule has 42 heavy (non-hydrogen) atoms. The SMILES string of the molecule is Cc1nc2c(-c3ccc4c(cnn4C)c3)c(C3=CC=CCC3)nn2c(-c2cc(F)c3c(c2C)CCCO3)c1CC(=O)O. The number of ether oxygens (including phenoxy) is 1. The quantitative estimate of drug-likeness (QED) is 0.266. The average Bonchev–Trinajstić information content (AvgIpc) is 3.55. The molecule has 4 heterocycles. The van der Waals surface area contributed by atoms with Crippen molar-refractivity contribution in [3.8, 4) is 28.1 Å². The van der Waals surface area contributed by atoms with Gasteiger partial charge in [0.05, 0.1) is 41.7 Å². The van der Waals surface area contributed by atoms with Crippen molar-refractivity contribution in [1.29, 1.82) is 0 Å². The molecule has 212 valence electrons. The lowest BCUT2D eigenvalue weighted by Crippen LogP contribution is -2.14. The lowest BCUT2D eigenvalue weighted by Gasteiger charge is -2.23. The molecule has 0 fully saturated rings. The number of carbonyl (C=O) groups is 1. The summed E-state index contributed by atoms with van der Waals surface area (Å²) in [7, 11) is 1.91. The number of benzene rings is 2. The number of allylic oxidation sites excluding steroid dienone is 4. The number of nitrogens with zero attached hydrogens (tertiary/aromatic N) is 5. The fourth-order valence-corrected chi connectivity index (χ4v) is 6.35. The highest BCUT2D eigenvalue weighted by Gasteiger charge is 2.29. The van der Waals surface area contributed by atoms with Crippen molar-refractivity contribution >= 4 is 28.1 Å². The maximum atomic E-state index is 15.6. The number of hydrogen-bond acceptors (Lipinski definition) is 5. The van der Waals surface area contributed by atoms with Crippen molar-refractivity contribution in [2.45, 2.75) is 46.0 Å². The van der Waals surface area contributed by atoms with E-state index in [1.54, 1.807) is 4.52 Å². The van der Waals surface area contributed by atoms with Gasteiger partial charge in [0, 0.05) is 34.8 Å². The van der Waals surface area contributed by atoms with Gasteiger partial charge in [-0.3, -0.25) is 9.48 Å². The molecule has 1 aliphatic heterocycles. The topological polar surface area (TPSA) is 94.5 Å². The smallest absolute Gasteiger partial charge is 0.307 e. The second kappa shape index (κ2) is 9.94. The molecule has 0 saturated carbocycles. The van der Waals surface area contributed by atoms with E-state index in [1.165, 1.54) is 6.07 Å². The molecule has 0 unspecified atom stereocenters. The zero-order valence-corrected chi connectivity index (χ0v) is 23.7. The normalized spacial score (nSPS) is 14.7. The standard InChI is InChI=1S/C33H30FN5O3/c1-18-23-10-7-13-42-32(23)26(34)15-24(18)31-25(16-28(40)41)19(2)36-33-29(21-11-12-27-22(14-21)17-35-38(27)3)30(37-39(31)33)20-8-5-4-6-9-20/h4-5,8,11-12,14-15,17H,6-7,9-10,13,16H2,1-3H3,(H,40,41). The van der Waals surface area contributed by atoms with Crippen LogP contribution in [-0.4, -0.2) is 42.1 Å². The number of aryl methyl sites for hydroxylation is 2. The monoisotopic (exact) mass is 563 g/mol. The van der Waals surface area contributed by atoms with Gasteiger partial charge in [0.2, 0.25) is 0 Å². The van der Waals surface area contributed by atoms with Gasteiger partial charge in [-0.1, -0.05) is 24.3 Å². The molecule has 5 aromatic rings. The highest BCUT2D eigenvalue weighted by atomic mass is 19.1. The molecule has 0 spiro atoms. The van der Waals surface area contributed by atoms with Gasteiger partial charge in [-0.15, -0.1) is 0 Å². The Hall–Kier alpha value is -4.79. The highest BCUT2D eigenvalue weighted by Crippen LogP contribution is 2.42. The first-order chi connectivity index (χ1) is 20.3. The molecule has 1 N–H and O–H groups in total. The molecule has 2 aromatic carbocycles. The van der Waals surface area contributed by atoms with Gasteiger partial charge in [-0.2, -0.15) is 10.2 Å². The Balaban J connectivity index is 1.59. The summed E-state index contributed by atoms with van der Waals surface area (Å²) in [5, 5.41) is 20.5. The number of hydrogen-bond donors (Lipinski definition) is 1. The number of fused-ring (bicyclic) bond motifs is 3. The molecule has 0 saturated heterocycles. The minimum absolute atomic E-state index is 0.268. The van der Waals surface area contributed by atoms with Gasteiger partial charge in [0.15, 0.2) is 17.2 Å². The number of aliphatic carboxylic acids is 1. The van der Waals surface area contributed by atoms with Crippen LogP contribution in [0.3, 0.4) is 0 Å². The van der Waals surface area contributed by atoms with E-state index in [0.717, 1.165) is 63.7 Å². The largest absolute Gasteiger partial charge is 0.490 e. The Kier molecular flexibility index (Phi) is 6.18. The van der Waals surface area contributed by atoms with Crippen LogP contribution in [0.25, 0.3) is 44.5 Å². The van der Waals surface area contributed by atoms with E-state index < -0.39 is 11.8 Å². The Bertz CT molecular complexity index is 2000. The van der Waals surface area contributed by atoms with Crippen LogP contribution in [0.5, 0.6) is 5.75 Å². The van der Waals surface area contributed by atoms with Crippen LogP contribution in [0.4, 0.5) is 4.39 Å². The first-order valence-electron chi connectivity index (χ1n) is 14.2. The zero-order chi connectivity index (χ0) is 29.1. The van der Waals surface area contributed by atoms with Gasteiger partial charge < -0.3 is 9.84 Å². The second-order valence-corrected chi connectivity index (χ2v) is 11.0. The van der Waals surface area contributed by atoms with Crippen molar-refractivity contribution < 1.29 is 19.0 Å². The molecular formula is C33H30FN5O3. The van der Waals surface area contributed by atoms with Gasteiger partial charge in [-0.25, -0.2) is 13.9 Å². The van der Waals surface area contributed by atoms with Crippen molar-refractivity contribution in [2.75, 3.05) is 6.61 Å². The summed E-state index contributed by atoms with van der Waals surface area (Å²) in [6.45, 7) is 4.24. The number of carboxylic acids is 1. The molecular weight excluding hydrogens is 533 g/mol. The number of carboxylic acid groups (broad SMARTS) is 1. The third kappa shape index (κ3) is 4.10. The van der Waals surface area contributed by atoms with Crippen molar-refractivity contribution in [3.05, 3.63) is 82.6 Å². The molecule has 1 aliphatic carbocycles. The summed E-state index contributed by atoms with van der Waals surface area (Å²) < 4.78 is 24.8. The van der Waals surface area contributed by atoms with Crippen LogP contribution < -0.4 is 4.74 Å². The molecule has 8 nitrogen and oxygen atoms in total. The van der Waals surface area contributed by atoms with Crippen LogP contribution in [0.2, 0.25) is 0 Å². The van der Waals surface area contributed by atoms with E-state index in [0.29, 0.717) is 41.2 Å². The van der Waals surface area contributed by atoms with Crippen LogP contribution in [-0.2, 0) is 24.7 Å². The third-order valence-corrected chi connectivity index (χ3v) is 8.44. The second-order valence-electron chi connectivity index (χ2n) is 11.0. The summed E-state index contributed by atoms with van der Waals surface area (Å²) >= 11 is 0. The lowest BCUT2D eigenvalue weighted by molar-refractivity contribution is -0.136. The van der Waals surface area contributed by atoms with Crippen molar-refractivity contribution in [3.63, 3.8) is 0 Å². The summed E-state index contributed by atoms with van der Waals surface area (Å²) in [4.78, 5) is 17.1. The Morgan fingerprint density at radius 3 is 2.83 bits per heavy atom. The molecule has 0 atom stereocenters. The summed E-state index contributed by atoms with van der Waals surface area (Å²) in [5.74, 6) is -1.16. The van der Waals surface area contributed by atoms with E-state index in [4.69, 9.17) is 14.8 Å². The Morgan fingerprint density at radius 2 is 2.05 bits per heavy atom. The van der Waals surface area contributed by atoms with Gasteiger partial charge in [0.25, 0.3) is 0 Å². The molecule has 0 amide bonds. The first kappa shape index (κ1) is 26.1. The van der Waals surface area contributed by atoms with Crippen molar-refractivity contribution in [2.24, 2.45) is 7.05 Å². The van der Waals surface area contributed by atoms with Crippen LogP contribution in [0.15, 0.2) is 48.7 Å². The van der Waals surface area contributed by atoms with Gasteiger partial charge in [-0.05, 0) is 74.4 Å². The number of halogens is 1. The fraction of sp³-hybridized carbons (Fsp3) is 0.273. The first-order valence-corrected chi connectivity index (χ1v) is 14.2. The molecule has 0 radical (unpaired) electrons. The van der Waals surface area contributed by atoms with E-state index in [2.05, 4.69) is 23.3 Å². The maximum absolute atomic E-state index is 15.6. The van der Waals surface area contributed by atoms with Crippen molar-refractivity contribution in [1.82, 2.24) is 24.4 Å². The molecule has 9 heteroatoms. The fourth-order valence-electron chi connectivity index (χ4n) is 6.35. The predicted octanol–water partition coefficient (Wildman–Crippen LogP) is 6.39. The number of aromatic nitrogens is 5. The van der Waals surface area contributed by atoms with Crippen LogP contribution in [0, 0.1) is 19.7 Å². The highest BCUT2D eigenvalue weighted by molar-refractivity contribution is 5.94. The minimum atomic E-state index is -0.991. The van der Waals surface area contributed by atoms with Gasteiger partial charge >= 0.3 is 5.97 Å². The molecule has 2 aliphatic rings. The Labute approximate surface area is 241 Å². The van der Waals surface area contributed by atoms with E-state index in [1.807, 2.05) is 50.0 Å². The third-order valence-electron chi connectivity index (χ3n) is 8.44. The van der Waals surface area contributed by atoms with Crippen LogP contribution in [0.1, 0.15) is 47.3 Å². The minimum Gasteiger partial charge on any atom is -0.490 e. The van der Waals surface area contributed by atoms with E-state index >= 15 is 4.39 Å². The van der Waals surface area contributed by atoms with Gasteiger partial charge in [0.1, 0.15) is 0 Å². The molecule has 0 bridgehead atoms. The summed E-state index contributed by atoms with van der Waals surface area (Å²) in [5.41, 5.74) is 9.14.